The van der Waals surface area contributed by atoms with Crippen molar-refractivity contribution < 1.29 is 4.74 Å². The minimum atomic E-state index is 0.0973. The normalized spacial score (nSPS) is 12.5. The van der Waals surface area contributed by atoms with Crippen molar-refractivity contribution >= 4 is 59.1 Å². The molecule has 0 aliphatic heterocycles. The highest BCUT2D eigenvalue weighted by atomic mass is 79.9. The van der Waals surface area contributed by atoms with E-state index >= 15 is 0 Å². The molecule has 0 amide bonds. The van der Waals surface area contributed by atoms with Crippen molar-refractivity contribution in [2.45, 2.75) is 6.04 Å². The monoisotopic (exact) mass is 467 g/mol. The van der Waals surface area contributed by atoms with Crippen LogP contribution in [0.4, 0.5) is 0 Å². The zero-order valence-corrected chi connectivity index (χ0v) is 15.9. The average Bonchev–Trinajstić information content (AvgIpc) is 2.70. The summed E-state index contributed by atoms with van der Waals surface area (Å²) in [6.07, 6.45) is 0. The second-order valence-electron chi connectivity index (χ2n) is 3.88. The molecule has 2 rings (SSSR count). The lowest BCUT2D eigenvalue weighted by Gasteiger charge is -2.18. The number of halogens is 3. The summed E-state index contributed by atoms with van der Waals surface area (Å²) in [5, 5.41) is 3.35. The molecule has 0 saturated heterocycles. The highest BCUT2D eigenvalue weighted by molar-refractivity contribution is 9.13. The molecule has 2 aromatic rings. The number of nitrogens with one attached hydrogen (secondary N) is 1. The maximum atomic E-state index is 5.46. The van der Waals surface area contributed by atoms with Gasteiger partial charge in [0.05, 0.1) is 16.9 Å². The Kier molecular flexibility index (Phi) is 5.48. The minimum Gasteiger partial charge on any atom is -0.496 e. The summed E-state index contributed by atoms with van der Waals surface area (Å²) in [7, 11) is 3.65. The first-order valence-electron chi connectivity index (χ1n) is 5.52. The number of rotatable bonds is 4. The molecule has 0 aliphatic carbocycles. The van der Waals surface area contributed by atoms with E-state index in [0.29, 0.717) is 0 Å². The Morgan fingerprint density at radius 2 is 1.95 bits per heavy atom. The number of hydrogen-bond donors (Lipinski definition) is 1. The molecule has 19 heavy (non-hydrogen) atoms. The Balaban J connectivity index is 2.50. The summed E-state index contributed by atoms with van der Waals surface area (Å²) in [4.78, 5) is 1.22. The lowest BCUT2D eigenvalue weighted by atomic mass is 10.0. The number of benzene rings is 1. The van der Waals surface area contributed by atoms with Gasteiger partial charge in [0.15, 0.2) is 0 Å². The van der Waals surface area contributed by atoms with Gasteiger partial charge < -0.3 is 10.1 Å². The molecule has 1 aromatic heterocycles. The molecule has 1 atom stereocenters. The fraction of sp³-hybridized carbons (Fsp3) is 0.231. The first-order chi connectivity index (χ1) is 9.06. The van der Waals surface area contributed by atoms with Gasteiger partial charge in [0.25, 0.3) is 0 Å². The van der Waals surface area contributed by atoms with Gasteiger partial charge in [-0.2, -0.15) is 0 Å². The van der Waals surface area contributed by atoms with Crippen molar-refractivity contribution in [3.63, 3.8) is 0 Å². The van der Waals surface area contributed by atoms with E-state index in [0.717, 1.165) is 24.0 Å². The fourth-order valence-electron chi connectivity index (χ4n) is 1.89. The fourth-order valence-corrected chi connectivity index (χ4v) is 4.49. The number of hydrogen-bond acceptors (Lipinski definition) is 3. The molecule has 0 saturated carbocycles. The van der Waals surface area contributed by atoms with Crippen molar-refractivity contribution in [3.05, 3.63) is 47.4 Å². The van der Waals surface area contributed by atoms with Gasteiger partial charge in [-0.1, -0.05) is 15.9 Å². The zero-order valence-electron chi connectivity index (χ0n) is 10.3. The van der Waals surface area contributed by atoms with Crippen LogP contribution in [-0.4, -0.2) is 14.2 Å². The topological polar surface area (TPSA) is 21.3 Å². The highest BCUT2D eigenvalue weighted by Gasteiger charge is 2.20. The van der Waals surface area contributed by atoms with E-state index in [1.165, 1.54) is 4.88 Å². The van der Waals surface area contributed by atoms with E-state index in [9.17, 15) is 0 Å². The van der Waals surface area contributed by atoms with Crippen LogP contribution in [0.5, 0.6) is 5.75 Å². The van der Waals surface area contributed by atoms with Crippen LogP contribution in [-0.2, 0) is 0 Å². The van der Waals surface area contributed by atoms with Gasteiger partial charge in [-0.15, -0.1) is 11.3 Å². The molecular weight excluding hydrogens is 458 g/mol. The molecule has 1 heterocycles. The maximum Gasteiger partial charge on any atom is 0.124 e. The Morgan fingerprint density at radius 3 is 2.47 bits per heavy atom. The Labute approximate surface area is 141 Å². The Hall–Kier alpha value is 0.120. The van der Waals surface area contributed by atoms with Crippen molar-refractivity contribution in [1.29, 1.82) is 0 Å². The predicted octanol–water partition coefficient (Wildman–Crippen LogP) is 5.35. The van der Waals surface area contributed by atoms with Crippen LogP contribution < -0.4 is 10.1 Å². The van der Waals surface area contributed by atoms with Crippen LogP contribution in [0.2, 0.25) is 0 Å². The quantitative estimate of drug-likeness (QED) is 0.651. The first-order valence-corrected chi connectivity index (χ1v) is 8.71. The summed E-state index contributed by atoms with van der Waals surface area (Å²) < 4.78 is 8.67. The lowest BCUT2D eigenvalue weighted by Crippen LogP contribution is -2.17. The molecule has 102 valence electrons. The lowest BCUT2D eigenvalue weighted by molar-refractivity contribution is 0.405. The van der Waals surface area contributed by atoms with Crippen LogP contribution in [0, 0.1) is 0 Å². The van der Waals surface area contributed by atoms with E-state index in [2.05, 4.69) is 65.2 Å². The molecule has 0 fully saturated rings. The van der Waals surface area contributed by atoms with Gasteiger partial charge in [0.1, 0.15) is 5.75 Å². The average molecular weight is 470 g/mol. The van der Waals surface area contributed by atoms with E-state index in [1.54, 1.807) is 18.4 Å². The molecule has 1 aromatic carbocycles. The van der Waals surface area contributed by atoms with Gasteiger partial charge in [0, 0.05) is 19.4 Å². The summed E-state index contributed by atoms with van der Waals surface area (Å²) >= 11 is 12.3. The second-order valence-corrected chi connectivity index (χ2v) is 8.05. The number of ether oxygens (including phenoxy) is 1. The Bertz CT molecular complexity index is 566. The van der Waals surface area contributed by atoms with E-state index < -0.39 is 0 Å². The van der Waals surface area contributed by atoms with Crippen LogP contribution in [0.15, 0.2) is 37.0 Å². The molecular formula is C13H12Br3NOS. The van der Waals surface area contributed by atoms with Crippen molar-refractivity contribution in [2.24, 2.45) is 0 Å². The molecule has 0 aliphatic rings. The van der Waals surface area contributed by atoms with Crippen molar-refractivity contribution in [1.82, 2.24) is 5.32 Å². The van der Waals surface area contributed by atoms with Gasteiger partial charge >= 0.3 is 0 Å². The predicted molar refractivity (Wildman–Crippen MR) is 91.3 cm³/mol. The summed E-state index contributed by atoms with van der Waals surface area (Å²) in [6, 6.07) is 8.26. The van der Waals surface area contributed by atoms with Gasteiger partial charge in [0.2, 0.25) is 0 Å². The summed E-state index contributed by atoms with van der Waals surface area (Å²) in [5.41, 5.74) is 1.11. The third-order valence-electron chi connectivity index (χ3n) is 2.74. The Morgan fingerprint density at radius 1 is 1.21 bits per heavy atom. The third-order valence-corrected chi connectivity index (χ3v) is 6.55. The molecule has 1 N–H and O–H groups in total. The molecule has 2 nitrogen and oxygen atoms in total. The molecule has 0 bridgehead atoms. The highest BCUT2D eigenvalue weighted by Crippen LogP contribution is 2.40. The summed E-state index contributed by atoms with van der Waals surface area (Å²) in [5.74, 6) is 0.878. The second kappa shape index (κ2) is 6.72. The molecule has 6 heteroatoms. The zero-order chi connectivity index (χ0) is 14.0. The number of methoxy groups -OCH3 is 1. The van der Waals surface area contributed by atoms with Crippen LogP contribution in [0.1, 0.15) is 16.5 Å². The molecule has 0 radical (unpaired) electrons. The smallest absolute Gasteiger partial charge is 0.124 e. The SMILES string of the molecule is CNC(c1cc(Br)c(Br)s1)c1cc(Br)ccc1OC. The van der Waals surface area contributed by atoms with E-state index in [-0.39, 0.29) is 6.04 Å². The van der Waals surface area contributed by atoms with Crippen LogP contribution in [0.25, 0.3) is 0 Å². The molecule has 0 spiro atoms. The first kappa shape index (κ1) is 15.5. The number of thiophene rings is 1. The standard InChI is InChI=1S/C13H12Br3NOS/c1-17-12(11-6-9(15)13(16)19-11)8-5-7(14)3-4-10(8)18-2/h3-6,12,17H,1-2H3. The van der Waals surface area contributed by atoms with Gasteiger partial charge in [-0.05, 0) is 63.2 Å². The van der Waals surface area contributed by atoms with Crippen LogP contribution in [0.3, 0.4) is 0 Å². The summed E-state index contributed by atoms with van der Waals surface area (Å²) in [6.45, 7) is 0. The van der Waals surface area contributed by atoms with Crippen molar-refractivity contribution in [2.75, 3.05) is 14.2 Å². The maximum absolute atomic E-state index is 5.46. The van der Waals surface area contributed by atoms with E-state index in [1.807, 2.05) is 19.2 Å². The van der Waals surface area contributed by atoms with Crippen molar-refractivity contribution in [3.8, 4) is 5.75 Å². The van der Waals surface area contributed by atoms with Gasteiger partial charge in [-0.25, -0.2) is 0 Å². The molecule has 1 unspecified atom stereocenters. The minimum absolute atomic E-state index is 0.0973. The largest absolute Gasteiger partial charge is 0.496 e. The van der Waals surface area contributed by atoms with Gasteiger partial charge in [-0.3, -0.25) is 0 Å². The van der Waals surface area contributed by atoms with E-state index in [4.69, 9.17) is 4.74 Å². The third kappa shape index (κ3) is 3.42. The van der Waals surface area contributed by atoms with Crippen LogP contribution >= 0.6 is 59.1 Å².